The van der Waals surface area contributed by atoms with E-state index in [1.807, 2.05) is 0 Å². The van der Waals surface area contributed by atoms with Gasteiger partial charge in [0.1, 0.15) is 0 Å². The van der Waals surface area contributed by atoms with Crippen molar-refractivity contribution in [2.24, 2.45) is 0 Å². The molecule has 0 fully saturated rings. The first kappa shape index (κ1) is 11.8. The van der Waals surface area contributed by atoms with Crippen molar-refractivity contribution >= 4 is 10.2 Å². The van der Waals surface area contributed by atoms with Gasteiger partial charge in [0.2, 0.25) is 0 Å². The lowest BCUT2D eigenvalue weighted by molar-refractivity contribution is 0.186. The van der Waals surface area contributed by atoms with Crippen LogP contribution in [0.15, 0.2) is 0 Å². The maximum Gasteiger partial charge on any atom is 0.276 e. The second kappa shape index (κ2) is 5.47. The summed E-state index contributed by atoms with van der Waals surface area (Å²) in [5, 5.41) is 8.82. The summed E-state index contributed by atoms with van der Waals surface area (Å²) >= 11 is 0. The van der Waals surface area contributed by atoms with Gasteiger partial charge in [0.25, 0.3) is 10.2 Å². The predicted octanol–water partition coefficient (Wildman–Crippen LogP) is -0.799. The van der Waals surface area contributed by atoms with E-state index in [-0.39, 0.29) is 6.54 Å². The van der Waals surface area contributed by atoms with Crippen LogP contribution in [-0.4, -0.2) is 32.7 Å². The molecule has 1 unspecified atom stereocenters. The maximum atomic E-state index is 10.9. The molecule has 0 aromatic carbocycles. The molecule has 74 valence electrons. The van der Waals surface area contributed by atoms with E-state index < -0.39 is 16.3 Å². The SMILES string of the molecule is CCNS(=O)(=O)NCCC(C)O. The fourth-order valence-corrected chi connectivity index (χ4v) is 1.51. The molecule has 0 bridgehead atoms. The first-order valence-corrected chi connectivity index (χ1v) is 5.38. The quantitative estimate of drug-likeness (QED) is 0.520. The van der Waals surface area contributed by atoms with Crippen molar-refractivity contribution in [3.63, 3.8) is 0 Å². The number of hydrogen-bond donors (Lipinski definition) is 3. The topological polar surface area (TPSA) is 78.4 Å². The minimum absolute atomic E-state index is 0.257. The Bertz CT molecular complexity index is 201. The first-order chi connectivity index (χ1) is 5.48. The zero-order valence-corrected chi connectivity index (χ0v) is 8.19. The lowest BCUT2D eigenvalue weighted by atomic mass is 10.3. The number of nitrogens with one attached hydrogen (secondary N) is 2. The van der Waals surface area contributed by atoms with Gasteiger partial charge in [0.05, 0.1) is 6.10 Å². The Labute approximate surface area is 73.4 Å². The summed E-state index contributed by atoms with van der Waals surface area (Å²) in [5.41, 5.74) is 0. The Morgan fingerprint density at radius 2 is 2.00 bits per heavy atom. The molecule has 5 nitrogen and oxygen atoms in total. The van der Waals surface area contributed by atoms with Crippen LogP contribution in [0.1, 0.15) is 20.3 Å². The minimum Gasteiger partial charge on any atom is -0.393 e. The van der Waals surface area contributed by atoms with E-state index in [9.17, 15) is 8.42 Å². The second-order valence-electron chi connectivity index (χ2n) is 2.53. The molecule has 0 saturated heterocycles. The van der Waals surface area contributed by atoms with E-state index >= 15 is 0 Å². The van der Waals surface area contributed by atoms with Gasteiger partial charge in [-0.2, -0.15) is 8.42 Å². The number of aliphatic hydroxyl groups excluding tert-OH is 1. The molecule has 0 radical (unpaired) electrons. The summed E-state index contributed by atoms with van der Waals surface area (Å²) in [6, 6.07) is 0. The van der Waals surface area contributed by atoms with Crippen LogP contribution in [-0.2, 0) is 10.2 Å². The van der Waals surface area contributed by atoms with Gasteiger partial charge in [0.15, 0.2) is 0 Å². The molecule has 3 N–H and O–H groups in total. The van der Waals surface area contributed by atoms with Crippen LogP contribution in [0, 0.1) is 0 Å². The fourth-order valence-electron chi connectivity index (χ4n) is 0.643. The van der Waals surface area contributed by atoms with Crippen LogP contribution >= 0.6 is 0 Å². The molecule has 0 aromatic heterocycles. The van der Waals surface area contributed by atoms with Crippen LogP contribution < -0.4 is 9.44 Å². The molecule has 0 aromatic rings. The van der Waals surface area contributed by atoms with Gasteiger partial charge in [-0.3, -0.25) is 0 Å². The van der Waals surface area contributed by atoms with Crippen LogP contribution in [0.2, 0.25) is 0 Å². The summed E-state index contributed by atoms with van der Waals surface area (Å²) in [4.78, 5) is 0. The largest absolute Gasteiger partial charge is 0.393 e. The van der Waals surface area contributed by atoms with Crippen LogP contribution in [0.3, 0.4) is 0 Å². The Morgan fingerprint density at radius 1 is 1.42 bits per heavy atom. The van der Waals surface area contributed by atoms with Crippen molar-refractivity contribution in [3.8, 4) is 0 Å². The summed E-state index contributed by atoms with van der Waals surface area (Å²) in [7, 11) is -3.34. The molecule has 0 rings (SSSR count). The Hall–Kier alpha value is -0.170. The Kier molecular flexibility index (Phi) is 5.39. The highest BCUT2D eigenvalue weighted by Gasteiger charge is 2.06. The summed E-state index contributed by atoms with van der Waals surface area (Å²) in [5.74, 6) is 0. The van der Waals surface area contributed by atoms with E-state index in [2.05, 4.69) is 9.44 Å². The van der Waals surface area contributed by atoms with Crippen LogP contribution in [0.4, 0.5) is 0 Å². The van der Waals surface area contributed by atoms with Crippen molar-refractivity contribution in [2.45, 2.75) is 26.4 Å². The molecule has 0 spiro atoms. The maximum absolute atomic E-state index is 10.9. The van der Waals surface area contributed by atoms with Crippen LogP contribution in [0.5, 0.6) is 0 Å². The molecule has 0 amide bonds. The molecule has 6 heteroatoms. The van der Waals surface area contributed by atoms with Crippen LogP contribution in [0.25, 0.3) is 0 Å². The van der Waals surface area contributed by atoms with E-state index in [1.54, 1.807) is 13.8 Å². The number of rotatable bonds is 6. The zero-order chi connectivity index (χ0) is 9.61. The lowest BCUT2D eigenvalue weighted by Crippen LogP contribution is -2.37. The first-order valence-electron chi connectivity index (χ1n) is 3.90. The van der Waals surface area contributed by atoms with E-state index in [0.717, 1.165) is 0 Å². The monoisotopic (exact) mass is 196 g/mol. The highest BCUT2D eigenvalue weighted by molar-refractivity contribution is 7.87. The third-order valence-corrected chi connectivity index (χ3v) is 2.44. The van der Waals surface area contributed by atoms with Crippen molar-refractivity contribution in [3.05, 3.63) is 0 Å². The smallest absolute Gasteiger partial charge is 0.276 e. The van der Waals surface area contributed by atoms with Crippen molar-refractivity contribution in [1.29, 1.82) is 0 Å². The molecule has 0 saturated carbocycles. The van der Waals surface area contributed by atoms with Gasteiger partial charge < -0.3 is 5.11 Å². The number of hydrogen-bond acceptors (Lipinski definition) is 3. The molecule has 1 atom stereocenters. The van der Waals surface area contributed by atoms with Gasteiger partial charge in [-0.15, -0.1) is 0 Å². The van der Waals surface area contributed by atoms with Gasteiger partial charge >= 0.3 is 0 Å². The number of aliphatic hydroxyl groups is 1. The fraction of sp³-hybridized carbons (Fsp3) is 1.00. The third-order valence-electron chi connectivity index (χ3n) is 1.19. The molecule has 0 aliphatic rings. The van der Waals surface area contributed by atoms with Crippen molar-refractivity contribution in [1.82, 2.24) is 9.44 Å². The Balaban J connectivity index is 3.62. The molecule has 0 aliphatic heterocycles. The van der Waals surface area contributed by atoms with Gasteiger partial charge in [-0.1, -0.05) is 6.92 Å². The van der Waals surface area contributed by atoms with E-state index in [0.29, 0.717) is 13.0 Å². The summed E-state index contributed by atoms with van der Waals surface area (Å²) in [6.07, 6.45) is -0.0562. The highest BCUT2D eigenvalue weighted by Crippen LogP contribution is 1.87. The molecule has 12 heavy (non-hydrogen) atoms. The molecule has 0 heterocycles. The van der Waals surface area contributed by atoms with E-state index in [1.165, 1.54) is 0 Å². The highest BCUT2D eigenvalue weighted by atomic mass is 32.2. The Morgan fingerprint density at radius 3 is 2.42 bits per heavy atom. The lowest BCUT2D eigenvalue weighted by Gasteiger charge is -2.07. The predicted molar refractivity (Wildman–Crippen MR) is 46.9 cm³/mol. The van der Waals surface area contributed by atoms with Crippen molar-refractivity contribution < 1.29 is 13.5 Å². The normalized spacial score (nSPS) is 14.6. The second-order valence-corrected chi connectivity index (χ2v) is 4.12. The molecule has 0 aliphatic carbocycles. The third kappa shape index (κ3) is 6.53. The average Bonchev–Trinajstić information content (AvgIpc) is 1.85. The van der Waals surface area contributed by atoms with E-state index in [4.69, 9.17) is 5.11 Å². The molecular formula is C6H16N2O3S. The minimum atomic E-state index is -3.34. The van der Waals surface area contributed by atoms with Gasteiger partial charge in [-0.25, -0.2) is 9.44 Å². The zero-order valence-electron chi connectivity index (χ0n) is 7.37. The van der Waals surface area contributed by atoms with Gasteiger partial charge in [0, 0.05) is 13.1 Å². The standard InChI is InChI=1S/C6H16N2O3S/c1-3-7-12(10,11)8-5-4-6(2)9/h6-9H,3-5H2,1-2H3. The summed E-state index contributed by atoms with van der Waals surface area (Å²) < 4.78 is 26.4. The average molecular weight is 196 g/mol. The summed E-state index contributed by atoms with van der Waals surface area (Å²) in [6.45, 7) is 3.94. The van der Waals surface area contributed by atoms with Gasteiger partial charge in [-0.05, 0) is 13.3 Å². The van der Waals surface area contributed by atoms with Crippen molar-refractivity contribution in [2.75, 3.05) is 13.1 Å². The molecular weight excluding hydrogens is 180 g/mol.